The van der Waals surface area contributed by atoms with E-state index in [4.69, 9.17) is 11.6 Å². The summed E-state index contributed by atoms with van der Waals surface area (Å²) >= 11 is 5.93. The van der Waals surface area contributed by atoms with Gasteiger partial charge >= 0.3 is 0 Å². The van der Waals surface area contributed by atoms with E-state index in [-0.39, 0.29) is 17.9 Å². The van der Waals surface area contributed by atoms with Gasteiger partial charge in [0.05, 0.1) is 6.26 Å². The van der Waals surface area contributed by atoms with Gasteiger partial charge in [-0.2, -0.15) is 0 Å². The summed E-state index contributed by atoms with van der Waals surface area (Å²) in [6.45, 7) is 1.06. The largest absolute Gasteiger partial charge is 0.349 e. The van der Waals surface area contributed by atoms with E-state index in [1.54, 1.807) is 53.4 Å². The summed E-state index contributed by atoms with van der Waals surface area (Å²) < 4.78 is 24.9. The lowest BCUT2D eigenvalue weighted by Gasteiger charge is -2.32. The second-order valence-electron chi connectivity index (χ2n) is 7.00. The molecule has 2 aromatic rings. The Labute approximate surface area is 175 Å². The van der Waals surface area contributed by atoms with Gasteiger partial charge in [-0.05, 0) is 55.3 Å². The first-order valence-electron chi connectivity index (χ1n) is 9.15. The van der Waals surface area contributed by atoms with Crippen molar-refractivity contribution in [2.24, 2.45) is 0 Å². The maximum Gasteiger partial charge on any atom is 0.253 e. The molecule has 29 heavy (non-hydrogen) atoms. The molecule has 1 saturated heterocycles. The van der Waals surface area contributed by atoms with Crippen LogP contribution in [0.3, 0.4) is 0 Å². The van der Waals surface area contributed by atoms with Crippen molar-refractivity contribution < 1.29 is 18.0 Å². The Morgan fingerprint density at radius 1 is 1.03 bits per heavy atom. The molecule has 1 heterocycles. The first-order chi connectivity index (χ1) is 13.7. The van der Waals surface area contributed by atoms with Gasteiger partial charge in [-0.3, -0.25) is 14.3 Å². The Hall–Kier alpha value is -2.58. The van der Waals surface area contributed by atoms with Crippen LogP contribution in [0.15, 0.2) is 48.5 Å². The smallest absolute Gasteiger partial charge is 0.253 e. The quantitative estimate of drug-likeness (QED) is 0.754. The number of nitrogens with one attached hydrogen (secondary N) is 2. The number of carbonyl (C=O) groups is 2. The van der Waals surface area contributed by atoms with Crippen LogP contribution in [0.1, 0.15) is 33.6 Å². The molecule has 0 saturated carbocycles. The number of benzene rings is 2. The van der Waals surface area contributed by atoms with E-state index < -0.39 is 10.0 Å². The first-order valence-corrected chi connectivity index (χ1v) is 11.4. The number of rotatable bonds is 5. The minimum Gasteiger partial charge on any atom is -0.349 e. The highest BCUT2D eigenvalue weighted by atomic mass is 35.5. The van der Waals surface area contributed by atoms with Crippen molar-refractivity contribution in [1.29, 1.82) is 0 Å². The Balaban J connectivity index is 1.53. The number of carbonyl (C=O) groups excluding carboxylic acids is 2. The number of anilines is 1. The van der Waals surface area contributed by atoms with Gasteiger partial charge in [0.1, 0.15) is 0 Å². The van der Waals surface area contributed by atoms with Gasteiger partial charge < -0.3 is 10.2 Å². The summed E-state index contributed by atoms with van der Waals surface area (Å²) in [5, 5.41) is 3.50. The van der Waals surface area contributed by atoms with Crippen LogP contribution in [0, 0.1) is 0 Å². The van der Waals surface area contributed by atoms with Crippen LogP contribution in [0.25, 0.3) is 0 Å². The third-order valence-corrected chi connectivity index (χ3v) is 5.48. The van der Waals surface area contributed by atoms with Crippen LogP contribution in [-0.2, 0) is 10.0 Å². The van der Waals surface area contributed by atoms with Gasteiger partial charge in [-0.1, -0.05) is 17.7 Å². The Kier molecular flexibility index (Phi) is 6.44. The van der Waals surface area contributed by atoms with E-state index >= 15 is 0 Å². The fourth-order valence-corrected chi connectivity index (χ4v) is 3.96. The molecule has 0 aromatic heterocycles. The zero-order chi connectivity index (χ0) is 21.0. The van der Waals surface area contributed by atoms with Gasteiger partial charge in [0.25, 0.3) is 11.8 Å². The van der Waals surface area contributed by atoms with Gasteiger partial charge in [0.2, 0.25) is 10.0 Å². The van der Waals surface area contributed by atoms with E-state index in [1.807, 2.05) is 0 Å². The van der Waals surface area contributed by atoms with Crippen molar-refractivity contribution in [3.8, 4) is 0 Å². The summed E-state index contributed by atoms with van der Waals surface area (Å²) in [5.74, 6) is -0.290. The highest BCUT2D eigenvalue weighted by Crippen LogP contribution is 2.17. The molecule has 0 aliphatic carbocycles. The fourth-order valence-electron chi connectivity index (χ4n) is 3.20. The SMILES string of the molecule is CS(=O)(=O)Nc1ccc(C(=O)N2CCC(NC(=O)c3cccc(Cl)c3)CC2)cc1. The lowest BCUT2D eigenvalue weighted by molar-refractivity contribution is 0.0698. The number of hydrogen-bond acceptors (Lipinski definition) is 4. The molecule has 154 valence electrons. The summed E-state index contributed by atoms with van der Waals surface area (Å²) in [6.07, 6.45) is 2.39. The third kappa shape index (κ3) is 5.95. The van der Waals surface area contributed by atoms with Gasteiger partial charge in [0.15, 0.2) is 0 Å². The van der Waals surface area contributed by atoms with Crippen LogP contribution in [0.5, 0.6) is 0 Å². The van der Waals surface area contributed by atoms with Crippen LogP contribution < -0.4 is 10.0 Å². The summed E-state index contributed by atoms with van der Waals surface area (Å²) in [6, 6.07) is 13.1. The maximum atomic E-state index is 12.7. The van der Waals surface area contributed by atoms with Gasteiger partial charge in [-0.25, -0.2) is 8.42 Å². The molecule has 9 heteroatoms. The van der Waals surface area contributed by atoms with Crippen molar-refractivity contribution >= 4 is 39.1 Å². The zero-order valence-corrected chi connectivity index (χ0v) is 17.5. The Morgan fingerprint density at radius 2 is 1.69 bits per heavy atom. The number of likely N-dealkylation sites (tertiary alicyclic amines) is 1. The van der Waals surface area contributed by atoms with Crippen LogP contribution >= 0.6 is 11.6 Å². The van der Waals surface area contributed by atoms with E-state index in [0.717, 1.165) is 6.26 Å². The number of piperidine rings is 1. The monoisotopic (exact) mass is 435 g/mol. The van der Waals surface area contributed by atoms with Gasteiger partial charge in [-0.15, -0.1) is 0 Å². The van der Waals surface area contributed by atoms with E-state index in [2.05, 4.69) is 10.0 Å². The molecule has 1 aliphatic rings. The molecule has 2 amide bonds. The number of nitrogens with zero attached hydrogens (tertiary/aromatic N) is 1. The summed E-state index contributed by atoms with van der Waals surface area (Å²) in [5.41, 5.74) is 1.41. The average Bonchev–Trinajstić information content (AvgIpc) is 2.67. The van der Waals surface area contributed by atoms with Crippen molar-refractivity contribution in [1.82, 2.24) is 10.2 Å². The topological polar surface area (TPSA) is 95.6 Å². The minimum atomic E-state index is -3.36. The van der Waals surface area contributed by atoms with Crippen molar-refractivity contribution in [3.05, 3.63) is 64.7 Å². The highest BCUT2D eigenvalue weighted by Gasteiger charge is 2.25. The van der Waals surface area contributed by atoms with E-state index in [9.17, 15) is 18.0 Å². The van der Waals surface area contributed by atoms with Gasteiger partial charge in [0, 0.05) is 41.0 Å². The van der Waals surface area contributed by atoms with Crippen LogP contribution in [-0.4, -0.2) is 50.5 Å². The predicted octanol–water partition coefficient (Wildman–Crippen LogP) is 2.75. The standard InChI is InChI=1S/C20H22ClN3O4S/c1-29(27,28)23-18-7-5-14(6-8-18)20(26)24-11-9-17(10-12-24)22-19(25)15-3-2-4-16(21)13-15/h2-8,13,17,23H,9-12H2,1H3,(H,22,25). The minimum absolute atomic E-state index is 0.00753. The lowest BCUT2D eigenvalue weighted by atomic mass is 10.0. The molecule has 0 bridgehead atoms. The number of hydrogen-bond donors (Lipinski definition) is 2. The predicted molar refractivity (Wildman–Crippen MR) is 113 cm³/mol. The molecule has 1 aliphatic heterocycles. The van der Waals surface area contributed by atoms with Crippen molar-refractivity contribution in [3.63, 3.8) is 0 Å². The average molecular weight is 436 g/mol. The lowest BCUT2D eigenvalue weighted by Crippen LogP contribution is -2.46. The van der Waals surface area contributed by atoms with Crippen LogP contribution in [0.2, 0.25) is 5.02 Å². The maximum absolute atomic E-state index is 12.7. The number of halogens is 1. The molecule has 0 unspecified atom stereocenters. The van der Waals surface area contributed by atoms with E-state index in [1.165, 1.54) is 0 Å². The zero-order valence-electron chi connectivity index (χ0n) is 15.9. The highest BCUT2D eigenvalue weighted by molar-refractivity contribution is 7.92. The molecule has 0 spiro atoms. The van der Waals surface area contributed by atoms with Crippen molar-refractivity contribution in [2.45, 2.75) is 18.9 Å². The second-order valence-corrected chi connectivity index (χ2v) is 9.19. The Bertz CT molecular complexity index is 1000. The summed E-state index contributed by atoms with van der Waals surface area (Å²) in [4.78, 5) is 26.7. The molecule has 0 atom stereocenters. The number of sulfonamides is 1. The molecule has 7 nitrogen and oxygen atoms in total. The normalized spacial score (nSPS) is 15.0. The third-order valence-electron chi connectivity index (χ3n) is 4.64. The summed E-state index contributed by atoms with van der Waals surface area (Å²) in [7, 11) is -3.36. The first kappa shape index (κ1) is 21.1. The molecule has 0 radical (unpaired) electrons. The molecule has 2 N–H and O–H groups in total. The number of amides is 2. The molecule has 1 fully saturated rings. The van der Waals surface area contributed by atoms with Crippen molar-refractivity contribution in [2.75, 3.05) is 24.1 Å². The Morgan fingerprint density at radius 3 is 2.28 bits per heavy atom. The van der Waals surface area contributed by atoms with Crippen LogP contribution in [0.4, 0.5) is 5.69 Å². The molecular weight excluding hydrogens is 414 g/mol. The molecule has 3 rings (SSSR count). The second kappa shape index (κ2) is 8.84. The fraction of sp³-hybridized carbons (Fsp3) is 0.300. The molecule has 2 aromatic carbocycles. The van der Waals surface area contributed by atoms with E-state index in [0.29, 0.717) is 47.8 Å². The molecular formula is C20H22ClN3O4S.